The van der Waals surface area contributed by atoms with Gasteiger partial charge in [-0.2, -0.15) is 0 Å². The van der Waals surface area contributed by atoms with Gasteiger partial charge in [-0.1, -0.05) is 6.92 Å². The average molecular weight is 385 g/mol. The van der Waals surface area contributed by atoms with Gasteiger partial charge in [-0.15, -0.1) is 11.3 Å². The van der Waals surface area contributed by atoms with Crippen molar-refractivity contribution in [3.63, 3.8) is 0 Å². The number of aromatic nitrogens is 1. The highest BCUT2D eigenvalue weighted by Crippen LogP contribution is 2.11. The van der Waals surface area contributed by atoms with Crippen LogP contribution in [0.1, 0.15) is 40.0 Å². The first-order valence-electron chi connectivity index (χ1n) is 8.54. The molecule has 1 rings (SSSR count). The third kappa shape index (κ3) is 8.39. The molecule has 0 saturated heterocycles. The first-order valence-corrected chi connectivity index (χ1v) is 9.42. The molecule has 1 aromatic heterocycles. The summed E-state index contributed by atoms with van der Waals surface area (Å²) < 4.78 is 5.01. The van der Waals surface area contributed by atoms with E-state index in [1.807, 2.05) is 20.8 Å². The van der Waals surface area contributed by atoms with Gasteiger partial charge in [0.05, 0.1) is 13.2 Å². The van der Waals surface area contributed by atoms with Crippen LogP contribution in [-0.2, 0) is 19.1 Å². The van der Waals surface area contributed by atoms with Crippen molar-refractivity contribution in [2.45, 2.75) is 45.6 Å². The van der Waals surface area contributed by atoms with E-state index in [9.17, 15) is 14.4 Å². The Hall–Kier alpha value is -2.00. The molecule has 0 spiro atoms. The molecule has 0 fully saturated rings. The Morgan fingerprint density at radius 3 is 2.58 bits per heavy atom. The molecule has 0 atom stereocenters. The number of anilines is 1. The fraction of sp³-hybridized carbons (Fsp3) is 0.647. The molecule has 0 radical (unpaired) electrons. The quantitative estimate of drug-likeness (QED) is 0.604. The lowest BCUT2D eigenvalue weighted by Gasteiger charge is -2.27. The van der Waals surface area contributed by atoms with Gasteiger partial charge in [0.2, 0.25) is 17.7 Å². The van der Waals surface area contributed by atoms with Crippen LogP contribution in [0.2, 0.25) is 0 Å². The Kier molecular flexibility index (Phi) is 9.22. The van der Waals surface area contributed by atoms with Crippen molar-refractivity contribution in [2.24, 2.45) is 0 Å². The zero-order valence-corrected chi connectivity index (χ0v) is 16.6. The van der Waals surface area contributed by atoms with Gasteiger partial charge in [-0.25, -0.2) is 4.98 Å². The summed E-state index contributed by atoms with van der Waals surface area (Å²) >= 11 is 1.31. The summed E-state index contributed by atoms with van der Waals surface area (Å²) in [5.41, 5.74) is -0.333. The number of amides is 3. The minimum Gasteiger partial charge on any atom is -0.383 e. The van der Waals surface area contributed by atoms with Crippen molar-refractivity contribution >= 4 is 34.2 Å². The summed E-state index contributed by atoms with van der Waals surface area (Å²) in [6.45, 7) is 6.39. The van der Waals surface area contributed by atoms with Crippen molar-refractivity contribution < 1.29 is 19.1 Å². The Bertz CT molecular complexity index is 590. The second-order valence-corrected chi connectivity index (χ2v) is 7.37. The number of nitrogens with zero attached hydrogens (tertiary/aromatic N) is 2. The first-order chi connectivity index (χ1) is 12.3. The largest absolute Gasteiger partial charge is 0.383 e. The lowest BCUT2D eigenvalue weighted by atomic mass is 10.0. The van der Waals surface area contributed by atoms with Crippen molar-refractivity contribution in [1.82, 2.24) is 15.2 Å². The molecule has 1 heterocycles. The second kappa shape index (κ2) is 10.9. The molecule has 146 valence electrons. The summed E-state index contributed by atoms with van der Waals surface area (Å²) in [6, 6.07) is 0. The van der Waals surface area contributed by atoms with Crippen LogP contribution in [0.4, 0.5) is 5.13 Å². The Labute approximate surface area is 158 Å². The third-order valence-corrected chi connectivity index (χ3v) is 4.55. The zero-order chi connectivity index (χ0) is 19.6. The fourth-order valence-electron chi connectivity index (χ4n) is 2.02. The van der Waals surface area contributed by atoms with Crippen LogP contribution in [0.5, 0.6) is 0 Å². The predicted molar refractivity (Wildman–Crippen MR) is 101 cm³/mol. The standard InChI is InChI=1S/C17H28N4O4S/c1-5-17(2,3)20-14(23)12-21(9-10-25-4)15(24)7-6-13(22)19-16-18-8-11-26-16/h8,11H,5-7,9-10,12H2,1-4H3,(H,20,23)(H,18,19,22). The number of nitrogens with one attached hydrogen (secondary N) is 2. The van der Waals surface area contributed by atoms with Crippen LogP contribution < -0.4 is 10.6 Å². The molecule has 1 aromatic rings. The molecule has 0 saturated carbocycles. The molecule has 0 aliphatic heterocycles. The second-order valence-electron chi connectivity index (χ2n) is 6.48. The molecule has 0 aliphatic carbocycles. The van der Waals surface area contributed by atoms with Gasteiger partial charge in [0.25, 0.3) is 0 Å². The van der Waals surface area contributed by atoms with Gasteiger partial charge in [0, 0.05) is 43.6 Å². The summed E-state index contributed by atoms with van der Waals surface area (Å²) in [6.07, 6.45) is 2.42. The van der Waals surface area contributed by atoms with E-state index < -0.39 is 0 Å². The molecule has 8 nitrogen and oxygen atoms in total. The average Bonchev–Trinajstić information content (AvgIpc) is 3.08. The summed E-state index contributed by atoms with van der Waals surface area (Å²) in [5.74, 6) is -0.772. The SMILES string of the molecule is CCC(C)(C)NC(=O)CN(CCOC)C(=O)CCC(=O)Nc1nccs1. The molecule has 0 aromatic carbocycles. The van der Waals surface area contributed by atoms with Gasteiger partial charge in [0.15, 0.2) is 5.13 Å². The van der Waals surface area contributed by atoms with Crippen LogP contribution >= 0.6 is 11.3 Å². The smallest absolute Gasteiger partial charge is 0.240 e. The monoisotopic (exact) mass is 384 g/mol. The minimum atomic E-state index is -0.333. The number of hydrogen-bond acceptors (Lipinski definition) is 6. The molecule has 3 amide bonds. The number of rotatable bonds is 11. The lowest BCUT2D eigenvalue weighted by molar-refractivity contribution is -0.138. The van der Waals surface area contributed by atoms with Gasteiger partial charge in [0.1, 0.15) is 0 Å². The fourth-order valence-corrected chi connectivity index (χ4v) is 2.56. The highest BCUT2D eigenvalue weighted by atomic mass is 32.1. The number of methoxy groups -OCH3 is 1. The molecule has 0 bridgehead atoms. The number of thiazole rings is 1. The minimum absolute atomic E-state index is 0.0192. The summed E-state index contributed by atoms with van der Waals surface area (Å²) in [5, 5.41) is 7.79. The van der Waals surface area contributed by atoms with E-state index in [1.54, 1.807) is 11.6 Å². The van der Waals surface area contributed by atoms with Crippen molar-refractivity contribution in [3.05, 3.63) is 11.6 Å². The first kappa shape index (κ1) is 22.0. The lowest BCUT2D eigenvalue weighted by Crippen LogP contribution is -2.49. The van der Waals surface area contributed by atoms with E-state index >= 15 is 0 Å². The maximum atomic E-state index is 12.4. The van der Waals surface area contributed by atoms with Crippen molar-refractivity contribution in [1.29, 1.82) is 0 Å². The number of carbonyl (C=O) groups excluding carboxylic acids is 3. The Balaban J connectivity index is 2.53. The van der Waals surface area contributed by atoms with E-state index in [1.165, 1.54) is 23.3 Å². The van der Waals surface area contributed by atoms with Crippen LogP contribution in [0, 0.1) is 0 Å². The van der Waals surface area contributed by atoms with E-state index in [4.69, 9.17) is 4.74 Å². The van der Waals surface area contributed by atoms with E-state index in [0.29, 0.717) is 18.3 Å². The number of hydrogen-bond donors (Lipinski definition) is 2. The van der Waals surface area contributed by atoms with E-state index in [2.05, 4.69) is 15.6 Å². The van der Waals surface area contributed by atoms with Crippen LogP contribution in [0.15, 0.2) is 11.6 Å². The Morgan fingerprint density at radius 1 is 1.27 bits per heavy atom. The third-order valence-electron chi connectivity index (χ3n) is 3.86. The molecular formula is C17H28N4O4S. The molecular weight excluding hydrogens is 356 g/mol. The maximum Gasteiger partial charge on any atom is 0.240 e. The summed E-state index contributed by atoms with van der Waals surface area (Å²) in [4.78, 5) is 41.9. The zero-order valence-electron chi connectivity index (χ0n) is 15.8. The van der Waals surface area contributed by atoms with Gasteiger partial charge in [-0.05, 0) is 20.3 Å². The van der Waals surface area contributed by atoms with E-state index in [0.717, 1.165) is 6.42 Å². The molecule has 0 aliphatic rings. The molecule has 9 heteroatoms. The topological polar surface area (TPSA) is 101 Å². The van der Waals surface area contributed by atoms with Crippen molar-refractivity contribution in [3.8, 4) is 0 Å². The van der Waals surface area contributed by atoms with Gasteiger partial charge in [-0.3, -0.25) is 14.4 Å². The van der Waals surface area contributed by atoms with Gasteiger partial charge >= 0.3 is 0 Å². The highest BCUT2D eigenvalue weighted by molar-refractivity contribution is 7.13. The Morgan fingerprint density at radius 2 is 2.00 bits per heavy atom. The predicted octanol–water partition coefficient (Wildman–Crippen LogP) is 1.64. The van der Waals surface area contributed by atoms with Crippen LogP contribution in [0.25, 0.3) is 0 Å². The van der Waals surface area contributed by atoms with Gasteiger partial charge < -0.3 is 20.3 Å². The number of ether oxygens (including phenoxy) is 1. The number of carbonyl (C=O) groups is 3. The molecule has 2 N–H and O–H groups in total. The molecule has 26 heavy (non-hydrogen) atoms. The highest BCUT2D eigenvalue weighted by Gasteiger charge is 2.22. The normalized spacial score (nSPS) is 11.1. The van der Waals surface area contributed by atoms with Crippen molar-refractivity contribution in [2.75, 3.05) is 32.1 Å². The van der Waals surface area contributed by atoms with Crippen LogP contribution in [0.3, 0.4) is 0 Å². The van der Waals surface area contributed by atoms with E-state index in [-0.39, 0.29) is 42.6 Å². The summed E-state index contributed by atoms with van der Waals surface area (Å²) in [7, 11) is 1.53. The maximum absolute atomic E-state index is 12.4. The molecule has 0 unspecified atom stereocenters. The van der Waals surface area contributed by atoms with Crippen LogP contribution in [-0.4, -0.2) is 60.0 Å².